The van der Waals surface area contributed by atoms with Crippen molar-refractivity contribution in [3.63, 3.8) is 0 Å². The molecule has 0 amide bonds. The van der Waals surface area contributed by atoms with E-state index in [1.165, 1.54) is 0 Å². The first-order valence-electron chi connectivity index (χ1n) is 5.23. The molecule has 2 unspecified atom stereocenters. The van der Waals surface area contributed by atoms with Gasteiger partial charge in [0.05, 0.1) is 10.0 Å². The van der Waals surface area contributed by atoms with Gasteiger partial charge >= 0.3 is 0 Å². The minimum Gasteiger partial charge on any atom is -0.328 e. The molecule has 1 nitrogen and oxygen atoms in total. The Morgan fingerprint density at radius 1 is 1.40 bits per heavy atom. The lowest BCUT2D eigenvalue weighted by atomic mass is 9.81. The molecule has 15 heavy (non-hydrogen) atoms. The standard InChI is InChI=1S/C12H15Cl2N/c1-12(6-5-8(15)7-12)9-3-2-4-10(13)11(9)14/h2-4,8H,5-7,15H2,1H3. The van der Waals surface area contributed by atoms with Crippen molar-refractivity contribution >= 4 is 23.2 Å². The third-order valence-corrected chi connectivity index (χ3v) is 4.20. The number of rotatable bonds is 1. The quantitative estimate of drug-likeness (QED) is 0.799. The monoisotopic (exact) mass is 243 g/mol. The Hall–Kier alpha value is -0.240. The van der Waals surface area contributed by atoms with Gasteiger partial charge in [-0.2, -0.15) is 0 Å². The Balaban J connectivity index is 2.41. The second-order valence-corrected chi connectivity index (χ2v) is 5.45. The number of halogens is 2. The smallest absolute Gasteiger partial charge is 0.0629 e. The van der Waals surface area contributed by atoms with Crippen molar-refractivity contribution < 1.29 is 0 Å². The van der Waals surface area contributed by atoms with Gasteiger partial charge in [0.2, 0.25) is 0 Å². The van der Waals surface area contributed by atoms with Crippen LogP contribution in [0.3, 0.4) is 0 Å². The summed E-state index contributed by atoms with van der Waals surface area (Å²) in [5.74, 6) is 0. The summed E-state index contributed by atoms with van der Waals surface area (Å²) < 4.78 is 0. The molecule has 1 aliphatic rings. The molecule has 82 valence electrons. The summed E-state index contributed by atoms with van der Waals surface area (Å²) in [6, 6.07) is 6.14. The van der Waals surface area contributed by atoms with Crippen LogP contribution in [-0.2, 0) is 5.41 Å². The number of hydrogen-bond donors (Lipinski definition) is 1. The lowest BCUT2D eigenvalue weighted by molar-refractivity contribution is 0.482. The van der Waals surface area contributed by atoms with Crippen molar-refractivity contribution in [2.75, 3.05) is 0 Å². The van der Waals surface area contributed by atoms with Crippen LogP contribution in [0, 0.1) is 0 Å². The first-order chi connectivity index (χ1) is 7.03. The topological polar surface area (TPSA) is 26.0 Å². The van der Waals surface area contributed by atoms with Gasteiger partial charge in [-0.3, -0.25) is 0 Å². The summed E-state index contributed by atoms with van der Waals surface area (Å²) in [5.41, 5.74) is 7.20. The van der Waals surface area contributed by atoms with Gasteiger partial charge in [-0.1, -0.05) is 42.3 Å². The van der Waals surface area contributed by atoms with Gasteiger partial charge in [-0.25, -0.2) is 0 Å². The van der Waals surface area contributed by atoms with Crippen LogP contribution in [0.4, 0.5) is 0 Å². The summed E-state index contributed by atoms with van der Waals surface area (Å²) >= 11 is 12.3. The van der Waals surface area contributed by atoms with Gasteiger partial charge in [0.15, 0.2) is 0 Å². The molecule has 2 atom stereocenters. The zero-order chi connectivity index (χ0) is 11.1. The highest BCUT2D eigenvalue weighted by atomic mass is 35.5. The van der Waals surface area contributed by atoms with Gasteiger partial charge in [-0.05, 0) is 36.3 Å². The fourth-order valence-corrected chi connectivity index (χ4v) is 3.03. The Morgan fingerprint density at radius 3 is 2.73 bits per heavy atom. The van der Waals surface area contributed by atoms with Crippen LogP contribution in [0.5, 0.6) is 0 Å². The molecule has 0 radical (unpaired) electrons. The Morgan fingerprint density at radius 2 is 2.13 bits per heavy atom. The van der Waals surface area contributed by atoms with Crippen molar-refractivity contribution in [1.29, 1.82) is 0 Å². The highest BCUT2D eigenvalue weighted by molar-refractivity contribution is 6.42. The Bertz CT molecular complexity index is 378. The fourth-order valence-electron chi connectivity index (χ4n) is 2.50. The number of nitrogens with two attached hydrogens (primary N) is 1. The molecule has 1 saturated carbocycles. The molecule has 1 aromatic rings. The van der Waals surface area contributed by atoms with E-state index in [1.54, 1.807) is 0 Å². The van der Waals surface area contributed by atoms with Crippen LogP contribution >= 0.6 is 23.2 Å². The normalized spacial score (nSPS) is 30.8. The lowest BCUT2D eigenvalue weighted by Crippen LogP contribution is -2.22. The van der Waals surface area contributed by atoms with Gasteiger partial charge in [0, 0.05) is 6.04 Å². The van der Waals surface area contributed by atoms with E-state index in [2.05, 4.69) is 13.0 Å². The van der Waals surface area contributed by atoms with Crippen LogP contribution in [0.15, 0.2) is 18.2 Å². The second kappa shape index (κ2) is 3.97. The van der Waals surface area contributed by atoms with E-state index < -0.39 is 0 Å². The van der Waals surface area contributed by atoms with E-state index in [4.69, 9.17) is 28.9 Å². The molecule has 2 rings (SSSR count). The average molecular weight is 244 g/mol. The zero-order valence-electron chi connectivity index (χ0n) is 8.76. The van der Waals surface area contributed by atoms with Crippen LogP contribution < -0.4 is 5.73 Å². The van der Waals surface area contributed by atoms with E-state index in [0.29, 0.717) is 16.1 Å². The molecular formula is C12H15Cl2N. The minimum absolute atomic E-state index is 0.0986. The van der Waals surface area contributed by atoms with Crippen LogP contribution in [0.25, 0.3) is 0 Å². The number of hydrogen-bond acceptors (Lipinski definition) is 1. The molecule has 1 aromatic carbocycles. The molecule has 0 saturated heterocycles. The van der Waals surface area contributed by atoms with Crippen molar-refractivity contribution in [3.8, 4) is 0 Å². The van der Waals surface area contributed by atoms with Crippen LogP contribution in [-0.4, -0.2) is 6.04 Å². The molecular weight excluding hydrogens is 229 g/mol. The van der Waals surface area contributed by atoms with E-state index in [0.717, 1.165) is 24.8 Å². The maximum absolute atomic E-state index is 6.24. The van der Waals surface area contributed by atoms with Crippen LogP contribution in [0.1, 0.15) is 31.7 Å². The molecule has 0 spiro atoms. The zero-order valence-corrected chi connectivity index (χ0v) is 10.3. The Labute approximate surface area is 101 Å². The van der Waals surface area contributed by atoms with E-state index >= 15 is 0 Å². The van der Waals surface area contributed by atoms with Gasteiger partial charge < -0.3 is 5.73 Å². The maximum Gasteiger partial charge on any atom is 0.0629 e. The minimum atomic E-state index is 0.0986. The highest BCUT2D eigenvalue weighted by Crippen LogP contribution is 2.44. The van der Waals surface area contributed by atoms with E-state index in [-0.39, 0.29) is 5.41 Å². The summed E-state index contributed by atoms with van der Waals surface area (Å²) in [7, 11) is 0. The van der Waals surface area contributed by atoms with E-state index in [1.807, 2.05) is 12.1 Å². The second-order valence-electron chi connectivity index (χ2n) is 4.66. The molecule has 0 bridgehead atoms. The van der Waals surface area contributed by atoms with Crippen molar-refractivity contribution in [2.45, 2.75) is 37.6 Å². The summed E-state index contributed by atoms with van der Waals surface area (Å²) in [5, 5.41) is 1.33. The molecule has 3 heteroatoms. The number of benzene rings is 1. The summed E-state index contributed by atoms with van der Waals surface area (Å²) in [6.07, 6.45) is 3.15. The lowest BCUT2D eigenvalue weighted by Gasteiger charge is -2.26. The molecule has 1 fully saturated rings. The first kappa shape index (κ1) is 11.3. The maximum atomic E-state index is 6.24. The third-order valence-electron chi connectivity index (χ3n) is 3.38. The van der Waals surface area contributed by atoms with Crippen LogP contribution in [0.2, 0.25) is 10.0 Å². The predicted octanol–water partition coefficient (Wildman–Crippen LogP) is 3.76. The fraction of sp³-hybridized carbons (Fsp3) is 0.500. The van der Waals surface area contributed by atoms with Crippen molar-refractivity contribution in [2.24, 2.45) is 5.73 Å². The van der Waals surface area contributed by atoms with E-state index in [9.17, 15) is 0 Å². The first-order valence-corrected chi connectivity index (χ1v) is 5.98. The SMILES string of the molecule is CC1(c2cccc(Cl)c2Cl)CCC(N)C1. The molecule has 0 aromatic heterocycles. The summed E-state index contributed by atoms with van der Waals surface area (Å²) in [6.45, 7) is 2.22. The third kappa shape index (κ3) is 2.01. The summed E-state index contributed by atoms with van der Waals surface area (Å²) in [4.78, 5) is 0. The van der Waals surface area contributed by atoms with Gasteiger partial charge in [0.1, 0.15) is 0 Å². The highest BCUT2D eigenvalue weighted by Gasteiger charge is 2.36. The predicted molar refractivity (Wildman–Crippen MR) is 65.6 cm³/mol. The van der Waals surface area contributed by atoms with Gasteiger partial charge in [0.25, 0.3) is 0 Å². The molecule has 2 N–H and O–H groups in total. The van der Waals surface area contributed by atoms with Gasteiger partial charge in [-0.15, -0.1) is 0 Å². The molecule has 0 aliphatic heterocycles. The van der Waals surface area contributed by atoms with Crippen molar-refractivity contribution in [1.82, 2.24) is 0 Å². The largest absolute Gasteiger partial charge is 0.328 e. The average Bonchev–Trinajstić information content (AvgIpc) is 2.52. The Kier molecular flexibility index (Phi) is 2.98. The molecule has 0 heterocycles. The van der Waals surface area contributed by atoms with Crippen molar-refractivity contribution in [3.05, 3.63) is 33.8 Å². The molecule has 1 aliphatic carbocycles.